The highest BCUT2D eigenvalue weighted by atomic mass is 16.6. The maximum Gasteiger partial charge on any atom is 0.408 e. The van der Waals surface area contributed by atoms with Crippen molar-refractivity contribution in [1.29, 1.82) is 0 Å². The molecule has 0 aromatic rings. The molecule has 9 atom stereocenters. The van der Waals surface area contributed by atoms with E-state index in [1.54, 1.807) is 0 Å². The molecule has 4 rings (SSSR count). The Hall–Kier alpha value is -1.83. The van der Waals surface area contributed by atoms with Crippen molar-refractivity contribution in [1.82, 2.24) is 10.2 Å². The maximum absolute atomic E-state index is 13.8. The van der Waals surface area contributed by atoms with Crippen LogP contribution in [0.5, 0.6) is 0 Å². The Bertz CT molecular complexity index is 1060. The minimum absolute atomic E-state index is 0.0502. The highest BCUT2D eigenvalue weighted by Crippen LogP contribution is 2.67. The minimum atomic E-state index is -0.642. The van der Waals surface area contributed by atoms with Crippen LogP contribution in [0.3, 0.4) is 0 Å². The second-order valence-corrected chi connectivity index (χ2v) is 17.5. The molecule has 3 aliphatic carbocycles. The lowest BCUT2D eigenvalue weighted by molar-refractivity contribution is -0.175. The highest BCUT2D eigenvalue weighted by molar-refractivity contribution is 5.86. The van der Waals surface area contributed by atoms with Crippen LogP contribution in [0.1, 0.15) is 127 Å². The lowest BCUT2D eigenvalue weighted by Crippen LogP contribution is -2.63. The third-order valence-electron chi connectivity index (χ3n) is 11.9. The number of nitrogens with one attached hydrogen (secondary N) is 1. The van der Waals surface area contributed by atoms with Gasteiger partial charge >= 0.3 is 12.1 Å². The topological polar surface area (TPSA) is 105 Å². The van der Waals surface area contributed by atoms with E-state index >= 15 is 0 Å². The number of ether oxygens (including phenoxy) is 2. The van der Waals surface area contributed by atoms with Gasteiger partial charge in [-0.15, -0.1) is 0 Å². The summed E-state index contributed by atoms with van der Waals surface area (Å²) < 4.78 is 11.0. The molecule has 1 aliphatic heterocycles. The van der Waals surface area contributed by atoms with E-state index in [0.29, 0.717) is 43.2 Å². The third-order valence-corrected chi connectivity index (χ3v) is 11.9. The van der Waals surface area contributed by atoms with Gasteiger partial charge in [0.15, 0.2) is 0 Å². The number of carbonyl (C=O) groups is 3. The van der Waals surface area contributed by atoms with E-state index in [9.17, 15) is 19.5 Å². The summed E-state index contributed by atoms with van der Waals surface area (Å²) in [5, 5.41) is 14.6. The minimum Gasteiger partial charge on any atom is -0.460 e. The van der Waals surface area contributed by atoms with Crippen molar-refractivity contribution in [3.05, 3.63) is 0 Å². The Morgan fingerprint density at radius 1 is 0.932 bits per heavy atom. The van der Waals surface area contributed by atoms with Crippen molar-refractivity contribution in [2.75, 3.05) is 13.1 Å². The average Bonchev–Trinajstić information content (AvgIpc) is 3.21. The molecule has 8 nitrogen and oxygen atoms in total. The van der Waals surface area contributed by atoms with Gasteiger partial charge in [-0.05, 0) is 139 Å². The summed E-state index contributed by atoms with van der Waals surface area (Å²) in [6.45, 7) is 21.3. The largest absolute Gasteiger partial charge is 0.460 e. The average molecular weight is 619 g/mol. The number of carbonyl (C=O) groups excluding carboxylic acids is 3. The van der Waals surface area contributed by atoms with Crippen LogP contribution in [-0.2, 0) is 19.1 Å². The van der Waals surface area contributed by atoms with E-state index in [4.69, 9.17) is 9.47 Å². The quantitative estimate of drug-likeness (QED) is 0.307. The molecule has 252 valence electrons. The van der Waals surface area contributed by atoms with E-state index < -0.39 is 23.3 Å². The summed E-state index contributed by atoms with van der Waals surface area (Å²) in [7, 11) is 0. The Balaban J connectivity index is 1.40. The molecule has 0 aromatic carbocycles. The smallest absolute Gasteiger partial charge is 0.408 e. The first-order valence-corrected chi connectivity index (χ1v) is 17.4. The summed E-state index contributed by atoms with van der Waals surface area (Å²) in [5.74, 6) is 1.85. The molecule has 0 radical (unpaired) electrons. The number of hydrogen-bond acceptors (Lipinski definition) is 6. The zero-order chi connectivity index (χ0) is 32.8. The van der Waals surface area contributed by atoms with E-state index in [1.165, 1.54) is 12.8 Å². The number of fused-ring (bicyclic) bond motifs is 5. The number of aliphatic hydroxyl groups excluding tert-OH is 1. The van der Waals surface area contributed by atoms with E-state index in [-0.39, 0.29) is 40.6 Å². The first-order chi connectivity index (χ1) is 20.2. The fourth-order valence-electron chi connectivity index (χ4n) is 9.74. The molecule has 0 bridgehead atoms. The van der Waals surface area contributed by atoms with E-state index in [1.807, 2.05) is 60.3 Å². The predicted octanol–water partition coefficient (Wildman–Crippen LogP) is 6.73. The summed E-state index contributed by atoms with van der Waals surface area (Å²) >= 11 is 0. The molecule has 44 heavy (non-hydrogen) atoms. The van der Waals surface area contributed by atoms with Gasteiger partial charge in [-0.3, -0.25) is 9.59 Å². The second kappa shape index (κ2) is 12.8. The lowest BCUT2D eigenvalue weighted by Gasteiger charge is -2.62. The maximum atomic E-state index is 13.8. The van der Waals surface area contributed by atoms with Gasteiger partial charge < -0.3 is 24.8 Å². The Labute approximate surface area is 266 Å². The molecule has 9 unspecified atom stereocenters. The number of aliphatic hydroxyl groups is 1. The van der Waals surface area contributed by atoms with Crippen LogP contribution in [0.25, 0.3) is 0 Å². The van der Waals surface area contributed by atoms with Gasteiger partial charge in [0.25, 0.3) is 0 Å². The van der Waals surface area contributed by atoms with Gasteiger partial charge in [-0.1, -0.05) is 27.7 Å². The normalized spacial score (nSPS) is 36.1. The molecular formula is C36H62N2O6. The van der Waals surface area contributed by atoms with Crippen LogP contribution in [0, 0.1) is 46.3 Å². The summed E-state index contributed by atoms with van der Waals surface area (Å²) in [6.07, 6.45) is 7.73. The molecule has 0 aromatic heterocycles. The fourth-order valence-corrected chi connectivity index (χ4v) is 9.74. The number of likely N-dealkylation sites (tertiary alicyclic amines) is 1. The predicted molar refractivity (Wildman–Crippen MR) is 172 cm³/mol. The first-order valence-electron chi connectivity index (χ1n) is 17.4. The number of rotatable bonds is 7. The van der Waals surface area contributed by atoms with Crippen LogP contribution >= 0.6 is 0 Å². The van der Waals surface area contributed by atoms with Crippen LogP contribution in [0.15, 0.2) is 0 Å². The molecule has 4 aliphatic rings. The van der Waals surface area contributed by atoms with Crippen molar-refractivity contribution in [2.45, 2.75) is 150 Å². The molecule has 8 heteroatoms. The molecule has 0 spiro atoms. The highest BCUT2D eigenvalue weighted by Gasteiger charge is 2.62. The van der Waals surface area contributed by atoms with Gasteiger partial charge in [0.2, 0.25) is 5.91 Å². The number of piperidine rings is 1. The fraction of sp³-hybridized carbons (Fsp3) is 0.917. The molecule has 4 fully saturated rings. The SMILES string of the molecule is CC(C)C(NC(=O)OC(C)(C)C)C(=O)N1CCC2(C)C(CC(O)C3C4CCC(CCCC(=O)OC(C)(C)C)C4(C)CCC32)C1. The van der Waals surface area contributed by atoms with Crippen LogP contribution in [-0.4, -0.2) is 64.4 Å². The lowest BCUT2D eigenvalue weighted by atomic mass is 9.45. The van der Waals surface area contributed by atoms with Crippen LogP contribution in [0.2, 0.25) is 0 Å². The number of amides is 2. The Morgan fingerprint density at radius 3 is 2.18 bits per heavy atom. The molecule has 2 N–H and O–H groups in total. The van der Waals surface area contributed by atoms with Crippen molar-refractivity contribution in [2.24, 2.45) is 46.3 Å². The number of esters is 1. The van der Waals surface area contributed by atoms with E-state index in [0.717, 1.165) is 38.5 Å². The van der Waals surface area contributed by atoms with Crippen LogP contribution < -0.4 is 5.32 Å². The van der Waals surface area contributed by atoms with Crippen molar-refractivity contribution < 1.29 is 29.0 Å². The zero-order valence-electron chi connectivity index (χ0n) is 29.3. The number of nitrogens with zero attached hydrogens (tertiary/aromatic N) is 1. The standard InChI is InChI=1S/C36H62N2O6/c1-22(2)30(37-32(42)44-34(6,7)8)31(41)38-19-18-36(10)24(21-38)20-27(39)29-25-15-14-23(35(25,9)17-16-26(29)36)12-11-13-28(40)43-33(3,4)5/h22-27,29-30,39H,11-21H2,1-10H3,(H,37,42). The van der Waals surface area contributed by atoms with Gasteiger partial charge in [0.1, 0.15) is 17.2 Å². The Morgan fingerprint density at radius 2 is 1.57 bits per heavy atom. The number of hydrogen-bond donors (Lipinski definition) is 2. The third kappa shape index (κ3) is 7.41. The van der Waals surface area contributed by atoms with Crippen molar-refractivity contribution in [3.63, 3.8) is 0 Å². The molecular weight excluding hydrogens is 556 g/mol. The zero-order valence-corrected chi connectivity index (χ0v) is 29.3. The van der Waals surface area contributed by atoms with Crippen LogP contribution in [0.4, 0.5) is 4.79 Å². The van der Waals surface area contributed by atoms with Crippen molar-refractivity contribution in [3.8, 4) is 0 Å². The summed E-state index contributed by atoms with van der Waals surface area (Å²) in [4.78, 5) is 40.6. The first kappa shape index (κ1) is 35.0. The summed E-state index contributed by atoms with van der Waals surface area (Å²) in [6, 6.07) is -0.642. The van der Waals surface area contributed by atoms with Gasteiger partial charge in [0.05, 0.1) is 6.10 Å². The van der Waals surface area contributed by atoms with Crippen molar-refractivity contribution >= 4 is 18.0 Å². The monoisotopic (exact) mass is 618 g/mol. The number of alkyl carbamates (subject to hydrolysis) is 1. The summed E-state index contributed by atoms with van der Waals surface area (Å²) in [5.41, 5.74) is -0.788. The molecule has 3 saturated carbocycles. The Kier molecular flexibility index (Phi) is 10.2. The molecule has 1 saturated heterocycles. The van der Waals surface area contributed by atoms with Gasteiger partial charge in [-0.2, -0.15) is 0 Å². The van der Waals surface area contributed by atoms with Gasteiger partial charge in [-0.25, -0.2) is 4.79 Å². The van der Waals surface area contributed by atoms with Gasteiger partial charge in [0, 0.05) is 19.5 Å². The van der Waals surface area contributed by atoms with E-state index in [2.05, 4.69) is 19.2 Å². The molecule has 2 amide bonds. The second-order valence-electron chi connectivity index (χ2n) is 17.5. The molecule has 1 heterocycles.